The van der Waals surface area contributed by atoms with Crippen LogP contribution in [0.5, 0.6) is 0 Å². The monoisotopic (exact) mass is 231 g/mol. The highest BCUT2D eigenvalue weighted by molar-refractivity contribution is 5.50. The van der Waals surface area contributed by atoms with Gasteiger partial charge in [0.1, 0.15) is 0 Å². The minimum Gasteiger partial charge on any atom is -0.388 e. The average Bonchev–Trinajstić information content (AvgIpc) is 2.67. The van der Waals surface area contributed by atoms with Crippen LogP contribution in [-0.4, -0.2) is 37.2 Å². The molecule has 1 aromatic carbocycles. The molecule has 5 nitrogen and oxygen atoms in total. The van der Waals surface area contributed by atoms with Gasteiger partial charge >= 0.3 is 0 Å². The number of nitrogens with one attached hydrogen (secondary N) is 1. The summed E-state index contributed by atoms with van der Waals surface area (Å²) in [6.07, 6.45) is 3.92. The Hall–Kier alpha value is -2.04. The van der Waals surface area contributed by atoms with E-state index in [0.29, 0.717) is 0 Å². The van der Waals surface area contributed by atoms with Crippen molar-refractivity contribution in [2.24, 2.45) is 10.2 Å². The SMILES string of the molecule is CNc1ccc(/N=N/C2N(C)C=CN2C)cc1. The van der Waals surface area contributed by atoms with Gasteiger partial charge < -0.3 is 15.1 Å². The molecule has 1 heterocycles. The van der Waals surface area contributed by atoms with Crippen molar-refractivity contribution in [2.45, 2.75) is 6.29 Å². The molecule has 1 aromatic rings. The molecule has 0 aromatic heterocycles. The second-order valence-corrected chi connectivity index (χ2v) is 3.99. The molecule has 17 heavy (non-hydrogen) atoms. The molecule has 0 bridgehead atoms. The van der Waals surface area contributed by atoms with Gasteiger partial charge in [-0.2, -0.15) is 5.11 Å². The number of azo groups is 1. The van der Waals surface area contributed by atoms with Gasteiger partial charge in [-0.05, 0) is 24.3 Å². The largest absolute Gasteiger partial charge is 0.388 e. The molecule has 0 aliphatic carbocycles. The summed E-state index contributed by atoms with van der Waals surface area (Å²) in [5.74, 6) is 0. The molecule has 5 heteroatoms. The Bertz CT molecular complexity index is 411. The van der Waals surface area contributed by atoms with Crippen molar-refractivity contribution in [3.05, 3.63) is 36.7 Å². The molecule has 0 saturated heterocycles. The average molecular weight is 231 g/mol. The smallest absolute Gasteiger partial charge is 0.217 e. The van der Waals surface area contributed by atoms with E-state index in [0.717, 1.165) is 11.4 Å². The van der Waals surface area contributed by atoms with E-state index in [1.165, 1.54) is 0 Å². The summed E-state index contributed by atoms with van der Waals surface area (Å²) in [6.45, 7) is 0. The molecular formula is C12H17N5. The molecule has 0 atom stereocenters. The number of benzene rings is 1. The predicted molar refractivity (Wildman–Crippen MR) is 69.0 cm³/mol. The summed E-state index contributed by atoms with van der Waals surface area (Å²) < 4.78 is 0. The highest BCUT2D eigenvalue weighted by Crippen LogP contribution is 2.19. The summed E-state index contributed by atoms with van der Waals surface area (Å²) in [4.78, 5) is 4.01. The first-order valence-corrected chi connectivity index (χ1v) is 5.51. The first-order chi connectivity index (χ1) is 8.20. The zero-order valence-corrected chi connectivity index (χ0v) is 10.3. The Kier molecular flexibility index (Phi) is 3.27. The van der Waals surface area contributed by atoms with Crippen molar-refractivity contribution in [1.82, 2.24) is 9.80 Å². The van der Waals surface area contributed by atoms with Crippen molar-refractivity contribution in [2.75, 3.05) is 26.5 Å². The highest BCUT2D eigenvalue weighted by Gasteiger charge is 2.18. The molecule has 1 aliphatic heterocycles. The lowest BCUT2D eigenvalue weighted by Gasteiger charge is -2.21. The van der Waals surface area contributed by atoms with Crippen molar-refractivity contribution >= 4 is 11.4 Å². The van der Waals surface area contributed by atoms with Crippen molar-refractivity contribution in [3.8, 4) is 0 Å². The first-order valence-electron chi connectivity index (χ1n) is 5.51. The summed E-state index contributed by atoms with van der Waals surface area (Å²) >= 11 is 0. The van der Waals surface area contributed by atoms with Gasteiger partial charge in [0.05, 0.1) is 5.69 Å². The maximum atomic E-state index is 4.30. The fraction of sp³-hybridized carbons (Fsp3) is 0.333. The van der Waals surface area contributed by atoms with Gasteiger partial charge in [0, 0.05) is 39.2 Å². The highest BCUT2D eigenvalue weighted by atomic mass is 15.5. The molecule has 0 amide bonds. The fourth-order valence-electron chi connectivity index (χ4n) is 1.63. The topological polar surface area (TPSA) is 43.2 Å². The van der Waals surface area contributed by atoms with E-state index in [1.54, 1.807) is 0 Å². The Morgan fingerprint density at radius 3 is 2.18 bits per heavy atom. The Balaban J connectivity index is 2.04. The van der Waals surface area contributed by atoms with Crippen LogP contribution in [0.25, 0.3) is 0 Å². The third-order valence-electron chi connectivity index (χ3n) is 2.70. The number of anilines is 1. The van der Waals surface area contributed by atoms with Crippen LogP contribution in [-0.2, 0) is 0 Å². The second kappa shape index (κ2) is 4.86. The predicted octanol–water partition coefficient (Wildman–Crippen LogP) is 2.44. The standard InChI is InChI=1S/C12H17N5/c1-13-10-4-6-11(7-5-10)14-15-12-16(2)8-9-17(12)3/h4-9,12-13H,1-3H3/b15-14+. The molecule has 0 fully saturated rings. The molecule has 0 radical (unpaired) electrons. The quantitative estimate of drug-likeness (QED) is 0.812. The van der Waals surface area contributed by atoms with Gasteiger partial charge in [0.15, 0.2) is 0 Å². The van der Waals surface area contributed by atoms with Gasteiger partial charge in [-0.25, -0.2) is 0 Å². The lowest BCUT2D eigenvalue weighted by molar-refractivity contribution is 0.206. The van der Waals surface area contributed by atoms with E-state index in [2.05, 4.69) is 15.5 Å². The van der Waals surface area contributed by atoms with E-state index in [-0.39, 0.29) is 6.29 Å². The van der Waals surface area contributed by atoms with Crippen LogP contribution in [0.1, 0.15) is 0 Å². The molecular weight excluding hydrogens is 214 g/mol. The fourth-order valence-corrected chi connectivity index (χ4v) is 1.63. The summed E-state index contributed by atoms with van der Waals surface area (Å²) in [6, 6.07) is 7.85. The number of hydrogen-bond donors (Lipinski definition) is 1. The summed E-state index contributed by atoms with van der Waals surface area (Å²) in [7, 11) is 5.85. The Morgan fingerprint density at radius 2 is 1.65 bits per heavy atom. The maximum absolute atomic E-state index is 4.30. The molecule has 1 aliphatic rings. The maximum Gasteiger partial charge on any atom is 0.217 e. The number of hydrogen-bond acceptors (Lipinski definition) is 5. The molecule has 0 saturated carbocycles. The van der Waals surface area contributed by atoms with Crippen LogP contribution >= 0.6 is 0 Å². The lowest BCUT2D eigenvalue weighted by Crippen LogP contribution is -2.31. The van der Waals surface area contributed by atoms with Crippen LogP contribution in [0.3, 0.4) is 0 Å². The zero-order valence-electron chi connectivity index (χ0n) is 10.3. The van der Waals surface area contributed by atoms with E-state index >= 15 is 0 Å². The summed E-state index contributed by atoms with van der Waals surface area (Å²) in [5.41, 5.74) is 1.93. The first kappa shape index (κ1) is 11.4. The van der Waals surface area contributed by atoms with Crippen LogP contribution in [0, 0.1) is 0 Å². The van der Waals surface area contributed by atoms with E-state index in [9.17, 15) is 0 Å². The van der Waals surface area contributed by atoms with Gasteiger partial charge in [-0.15, -0.1) is 5.11 Å². The molecule has 2 rings (SSSR count). The Morgan fingerprint density at radius 1 is 1.06 bits per heavy atom. The third-order valence-corrected chi connectivity index (χ3v) is 2.70. The van der Waals surface area contributed by atoms with Crippen LogP contribution in [0.4, 0.5) is 11.4 Å². The minimum absolute atomic E-state index is 0.0426. The van der Waals surface area contributed by atoms with Gasteiger partial charge in [-0.3, -0.25) is 0 Å². The zero-order chi connectivity index (χ0) is 12.3. The van der Waals surface area contributed by atoms with Gasteiger partial charge in [0.2, 0.25) is 6.29 Å². The summed E-state index contributed by atoms with van der Waals surface area (Å²) in [5, 5.41) is 11.6. The van der Waals surface area contributed by atoms with E-state index in [1.807, 2.05) is 67.6 Å². The van der Waals surface area contributed by atoms with Crippen molar-refractivity contribution in [3.63, 3.8) is 0 Å². The molecule has 0 unspecified atom stereocenters. The van der Waals surface area contributed by atoms with E-state index in [4.69, 9.17) is 0 Å². The molecule has 90 valence electrons. The van der Waals surface area contributed by atoms with Crippen molar-refractivity contribution in [1.29, 1.82) is 0 Å². The molecule has 0 spiro atoms. The van der Waals surface area contributed by atoms with Crippen LogP contribution in [0.15, 0.2) is 46.9 Å². The normalized spacial score (nSPS) is 16.2. The van der Waals surface area contributed by atoms with Crippen molar-refractivity contribution < 1.29 is 0 Å². The van der Waals surface area contributed by atoms with Gasteiger partial charge in [-0.1, -0.05) is 0 Å². The number of nitrogens with zero attached hydrogens (tertiary/aromatic N) is 4. The number of rotatable bonds is 3. The Labute approximate surface area is 101 Å². The second-order valence-electron chi connectivity index (χ2n) is 3.99. The van der Waals surface area contributed by atoms with E-state index < -0.39 is 0 Å². The third kappa shape index (κ3) is 2.55. The van der Waals surface area contributed by atoms with Gasteiger partial charge in [0.25, 0.3) is 0 Å². The molecule has 1 N–H and O–H groups in total. The van der Waals surface area contributed by atoms with Crippen LogP contribution in [0.2, 0.25) is 0 Å². The lowest BCUT2D eigenvalue weighted by atomic mass is 10.3. The van der Waals surface area contributed by atoms with Crippen LogP contribution < -0.4 is 5.32 Å². The minimum atomic E-state index is -0.0426.